The van der Waals surface area contributed by atoms with Crippen molar-refractivity contribution in [1.82, 2.24) is 14.6 Å². The van der Waals surface area contributed by atoms with Crippen molar-refractivity contribution in [3.8, 4) is 0 Å². The predicted octanol–water partition coefficient (Wildman–Crippen LogP) is 2.00. The number of nitro benzene ring substituents is 1. The zero-order valence-electron chi connectivity index (χ0n) is 16.5. The van der Waals surface area contributed by atoms with Gasteiger partial charge in [0.2, 0.25) is 10.0 Å². The first-order valence-corrected chi connectivity index (χ1v) is 10.9. The molecule has 2 aromatic rings. The molecule has 0 radical (unpaired) electrons. The molecule has 29 heavy (non-hydrogen) atoms. The van der Waals surface area contributed by atoms with E-state index >= 15 is 0 Å². The highest BCUT2D eigenvalue weighted by Gasteiger charge is 2.27. The maximum absolute atomic E-state index is 12.4. The Morgan fingerprint density at radius 3 is 2.52 bits per heavy atom. The molecule has 156 valence electrons. The van der Waals surface area contributed by atoms with Crippen LogP contribution in [0.4, 0.5) is 11.4 Å². The van der Waals surface area contributed by atoms with E-state index in [9.17, 15) is 18.5 Å². The summed E-state index contributed by atoms with van der Waals surface area (Å²) >= 11 is 0. The molecule has 0 spiro atoms. The first-order chi connectivity index (χ1) is 13.8. The van der Waals surface area contributed by atoms with Crippen molar-refractivity contribution in [2.75, 3.05) is 31.1 Å². The van der Waals surface area contributed by atoms with E-state index in [0.29, 0.717) is 18.8 Å². The molecular formula is C19H25N5O4S. The van der Waals surface area contributed by atoms with E-state index in [4.69, 9.17) is 0 Å². The highest BCUT2D eigenvalue weighted by Crippen LogP contribution is 2.31. The van der Waals surface area contributed by atoms with Crippen molar-refractivity contribution >= 4 is 21.4 Å². The van der Waals surface area contributed by atoms with Crippen molar-refractivity contribution in [1.29, 1.82) is 0 Å². The quantitative estimate of drug-likeness (QED) is 0.540. The monoisotopic (exact) mass is 419 g/mol. The highest BCUT2D eigenvalue weighted by atomic mass is 32.2. The number of aromatic nitrogens is 1. The van der Waals surface area contributed by atoms with E-state index in [-0.39, 0.29) is 16.6 Å². The molecule has 1 aliphatic heterocycles. The van der Waals surface area contributed by atoms with Gasteiger partial charge in [0.1, 0.15) is 5.69 Å². The number of nitrogens with zero attached hydrogens (tertiary/aromatic N) is 4. The van der Waals surface area contributed by atoms with Crippen LogP contribution in [-0.4, -0.2) is 55.4 Å². The molecule has 0 atom stereocenters. The molecule has 1 N–H and O–H groups in total. The molecule has 0 bridgehead atoms. The van der Waals surface area contributed by atoms with E-state index < -0.39 is 14.9 Å². The van der Waals surface area contributed by atoms with Gasteiger partial charge < -0.3 is 4.90 Å². The average molecular weight is 420 g/mol. The molecule has 9 nitrogen and oxygen atoms in total. The minimum absolute atomic E-state index is 0.100. The summed E-state index contributed by atoms with van der Waals surface area (Å²) < 4.78 is 27.2. The molecule has 3 rings (SSSR count). The molecule has 2 heterocycles. The predicted molar refractivity (Wildman–Crippen MR) is 110 cm³/mol. The van der Waals surface area contributed by atoms with Crippen LogP contribution in [-0.2, 0) is 16.6 Å². The van der Waals surface area contributed by atoms with Crippen LogP contribution in [0.3, 0.4) is 0 Å². The minimum atomic E-state index is -3.79. The number of anilines is 1. The Labute approximate surface area is 170 Å². The molecule has 1 aromatic carbocycles. The molecule has 0 aliphatic carbocycles. The Hall–Kier alpha value is -2.56. The van der Waals surface area contributed by atoms with Gasteiger partial charge in [0.15, 0.2) is 0 Å². The summed E-state index contributed by atoms with van der Waals surface area (Å²) in [6, 6.07) is 7.72. The lowest BCUT2D eigenvalue weighted by atomic mass is 10.2. The van der Waals surface area contributed by atoms with Gasteiger partial charge in [-0.05, 0) is 37.6 Å². The SMILES string of the molecule is CC(C)NS(=O)(=O)c1ccc(N2CCN(Cc3cccnc3)CC2)c([N+](=O)[O-])c1. The molecule has 1 aliphatic rings. The molecule has 1 fully saturated rings. The maximum atomic E-state index is 12.4. The van der Waals surface area contributed by atoms with Crippen molar-refractivity contribution in [2.45, 2.75) is 31.3 Å². The second-order valence-corrected chi connectivity index (χ2v) is 9.02. The van der Waals surface area contributed by atoms with E-state index in [1.54, 1.807) is 20.0 Å². The second-order valence-electron chi connectivity index (χ2n) is 7.31. The third kappa shape index (κ3) is 5.28. The fourth-order valence-electron chi connectivity index (χ4n) is 3.36. The smallest absolute Gasteiger partial charge is 0.293 e. The average Bonchev–Trinajstić information content (AvgIpc) is 2.68. The van der Waals surface area contributed by atoms with Gasteiger partial charge in [-0.3, -0.25) is 20.0 Å². The summed E-state index contributed by atoms with van der Waals surface area (Å²) in [6.45, 7) is 6.93. The number of pyridine rings is 1. The third-order valence-corrected chi connectivity index (χ3v) is 6.34. The summed E-state index contributed by atoms with van der Waals surface area (Å²) in [7, 11) is -3.79. The number of rotatable bonds is 7. The summed E-state index contributed by atoms with van der Waals surface area (Å²) in [5.74, 6) is 0. The fourth-order valence-corrected chi connectivity index (χ4v) is 4.63. The van der Waals surface area contributed by atoms with Crippen LogP contribution in [0.5, 0.6) is 0 Å². The van der Waals surface area contributed by atoms with Crippen LogP contribution in [0.2, 0.25) is 0 Å². The summed E-state index contributed by atoms with van der Waals surface area (Å²) in [5, 5.41) is 11.6. The second kappa shape index (κ2) is 8.85. The van der Waals surface area contributed by atoms with Crippen LogP contribution in [0.15, 0.2) is 47.6 Å². The lowest BCUT2D eigenvalue weighted by molar-refractivity contribution is -0.384. The number of nitro groups is 1. The largest absolute Gasteiger partial charge is 0.363 e. The zero-order valence-corrected chi connectivity index (χ0v) is 17.3. The molecule has 0 amide bonds. The Morgan fingerprint density at radius 1 is 1.21 bits per heavy atom. The Bertz CT molecular complexity index is 958. The lowest BCUT2D eigenvalue weighted by Gasteiger charge is -2.35. The highest BCUT2D eigenvalue weighted by molar-refractivity contribution is 7.89. The van der Waals surface area contributed by atoms with Gasteiger partial charge in [-0.2, -0.15) is 0 Å². The van der Waals surface area contributed by atoms with Crippen LogP contribution in [0.25, 0.3) is 0 Å². The topological polar surface area (TPSA) is 109 Å². The molecule has 1 aromatic heterocycles. The van der Waals surface area contributed by atoms with Crippen molar-refractivity contribution in [3.63, 3.8) is 0 Å². The van der Waals surface area contributed by atoms with Gasteiger partial charge in [-0.25, -0.2) is 13.1 Å². The number of sulfonamides is 1. The molecular weight excluding hydrogens is 394 g/mol. The molecule has 10 heteroatoms. The number of hydrogen-bond donors (Lipinski definition) is 1. The van der Waals surface area contributed by atoms with Gasteiger partial charge in [0.25, 0.3) is 5.69 Å². The number of piperazine rings is 1. The van der Waals surface area contributed by atoms with Crippen LogP contribution >= 0.6 is 0 Å². The van der Waals surface area contributed by atoms with Crippen molar-refractivity contribution in [3.05, 3.63) is 58.4 Å². The first-order valence-electron chi connectivity index (χ1n) is 9.43. The minimum Gasteiger partial charge on any atom is -0.363 e. The summed E-state index contributed by atoms with van der Waals surface area (Å²) in [6.07, 6.45) is 3.57. The zero-order chi connectivity index (χ0) is 21.0. The van der Waals surface area contributed by atoms with Crippen LogP contribution < -0.4 is 9.62 Å². The van der Waals surface area contributed by atoms with E-state index in [1.807, 2.05) is 23.2 Å². The van der Waals surface area contributed by atoms with Gasteiger partial charge in [-0.1, -0.05) is 6.07 Å². The molecule has 0 unspecified atom stereocenters. The van der Waals surface area contributed by atoms with Gasteiger partial charge in [-0.15, -0.1) is 0 Å². The normalized spacial score (nSPS) is 15.6. The number of benzene rings is 1. The van der Waals surface area contributed by atoms with E-state index in [2.05, 4.69) is 14.6 Å². The Morgan fingerprint density at radius 2 is 1.93 bits per heavy atom. The van der Waals surface area contributed by atoms with Crippen molar-refractivity contribution in [2.24, 2.45) is 0 Å². The summed E-state index contributed by atoms with van der Waals surface area (Å²) in [4.78, 5) is 19.3. The van der Waals surface area contributed by atoms with Crippen LogP contribution in [0.1, 0.15) is 19.4 Å². The van der Waals surface area contributed by atoms with E-state index in [1.165, 1.54) is 12.1 Å². The van der Waals surface area contributed by atoms with Gasteiger partial charge >= 0.3 is 0 Å². The fraction of sp³-hybridized carbons (Fsp3) is 0.421. The molecule has 0 saturated carbocycles. The Kier molecular flexibility index (Phi) is 6.46. The Balaban J connectivity index is 1.75. The maximum Gasteiger partial charge on any atom is 0.293 e. The number of hydrogen-bond acceptors (Lipinski definition) is 7. The van der Waals surface area contributed by atoms with E-state index in [0.717, 1.165) is 31.3 Å². The van der Waals surface area contributed by atoms with Gasteiger partial charge in [0.05, 0.1) is 9.82 Å². The first kappa shape index (κ1) is 21.2. The molecule has 1 saturated heterocycles. The standard InChI is InChI=1S/C19H25N5O4S/c1-15(2)21-29(27,28)17-5-6-18(19(12-17)24(25)26)23-10-8-22(9-11-23)14-16-4-3-7-20-13-16/h3-7,12-13,15,21H,8-11,14H2,1-2H3. The van der Waals surface area contributed by atoms with Crippen LogP contribution in [0, 0.1) is 10.1 Å². The lowest BCUT2D eigenvalue weighted by Crippen LogP contribution is -2.46. The summed E-state index contributed by atoms with van der Waals surface area (Å²) in [5.41, 5.74) is 1.37. The third-order valence-electron chi connectivity index (χ3n) is 4.69. The van der Waals surface area contributed by atoms with Gasteiger partial charge in [0, 0.05) is 57.2 Å². The number of nitrogens with one attached hydrogen (secondary N) is 1. The van der Waals surface area contributed by atoms with Crippen molar-refractivity contribution < 1.29 is 13.3 Å².